The summed E-state index contributed by atoms with van der Waals surface area (Å²) in [5, 5.41) is 0. The van der Waals surface area contributed by atoms with Gasteiger partial charge in [0.1, 0.15) is 6.10 Å². The van der Waals surface area contributed by atoms with E-state index < -0.39 is 5.60 Å². The van der Waals surface area contributed by atoms with Crippen LogP contribution in [0.5, 0.6) is 0 Å². The molecule has 0 N–H and O–H groups in total. The lowest BCUT2D eigenvalue weighted by molar-refractivity contribution is -0.123. The number of fused-ring (bicyclic) bond motifs is 3. The molecule has 2 fully saturated rings. The molecule has 0 bridgehead atoms. The summed E-state index contributed by atoms with van der Waals surface area (Å²) in [7, 11) is 0. The Balaban J connectivity index is 2.07. The Morgan fingerprint density at radius 3 is 2.71 bits per heavy atom. The Labute approximate surface area is 101 Å². The van der Waals surface area contributed by atoms with Crippen LogP contribution in [0.25, 0.3) is 0 Å². The van der Waals surface area contributed by atoms with Crippen LogP contribution in [-0.2, 0) is 14.3 Å². The van der Waals surface area contributed by atoms with E-state index in [2.05, 4.69) is 6.92 Å². The molecule has 0 amide bonds. The quantitative estimate of drug-likeness (QED) is 0.653. The molecule has 0 aromatic rings. The lowest BCUT2D eigenvalue weighted by atomic mass is 9.61. The van der Waals surface area contributed by atoms with Gasteiger partial charge < -0.3 is 4.74 Å². The van der Waals surface area contributed by atoms with Crippen molar-refractivity contribution in [2.24, 2.45) is 5.41 Å². The fraction of sp³-hybridized carbons (Fsp3) is 0.714. The SMILES string of the molecule is CC(=O)[C@]12CC[C@@]3(C)CCC(=O)C(C)=C3[C@H]1O2. The maximum Gasteiger partial charge on any atom is 0.164 e. The minimum Gasteiger partial charge on any atom is -0.353 e. The number of allylic oxidation sites excluding steroid dienone is 1. The van der Waals surface area contributed by atoms with Gasteiger partial charge in [-0.2, -0.15) is 0 Å². The first-order valence-corrected chi connectivity index (χ1v) is 6.34. The summed E-state index contributed by atoms with van der Waals surface area (Å²) in [4.78, 5) is 23.5. The highest BCUT2D eigenvalue weighted by atomic mass is 16.6. The molecular weight excluding hydrogens is 216 g/mol. The first-order chi connectivity index (χ1) is 7.91. The highest BCUT2D eigenvalue weighted by Gasteiger charge is 2.68. The van der Waals surface area contributed by atoms with Crippen molar-refractivity contribution < 1.29 is 14.3 Å². The van der Waals surface area contributed by atoms with Crippen molar-refractivity contribution in [1.82, 2.24) is 0 Å². The monoisotopic (exact) mass is 234 g/mol. The Morgan fingerprint density at radius 1 is 1.35 bits per heavy atom. The molecule has 0 aromatic heterocycles. The number of ketones is 2. The lowest BCUT2D eigenvalue weighted by Gasteiger charge is -2.40. The van der Waals surface area contributed by atoms with Crippen molar-refractivity contribution in [3.63, 3.8) is 0 Å². The zero-order valence-corrected chi connectivity index (χ0v) is 10.6. The average molecular weight is 234 g/mol. The molecule has 1 heterocycles. The van der Waals surface area contributed by atoms with Gasteiger partial charge in [0.2, 0.25) is 0 Å². The van der Waals surface area contributed by atoms with Gasteiger partial charge in [-0.1, -0.05) is 6.92 Å². The molecule has 3 aliphatic rings. The summed E-state index contributed by atoms with van der Waals surface area (Å²) in [6.45, 7) is 5.71. The van der Waals surface area contributed by atoms with Crippen LogP contribution in [0.3, 0.4) is 0 Å². The van der Waals surface area contributed by atoms with Gasteiger partial charge in [0.15, 0.2) is 17.2 Å². The number of hydrogen-bond donors (Lipinski definition) is 0. The zero-order chi connectivity index (χ0) is 12.4. The molecule has 1 saturated carbocycles. The fourth-order valence-corrected chi connectivity index (χ4v) is 3.65. The summed E-state index contributed by atoms with van der Waals surface area (Å²) in [5.74, 6) is 0.343. The molecule has 0 unspecified atom stereocenters. The molecule has 0 aromatic carbocycles. The van der Waals surface area contributed by atoms with Crippen molar-refractivity contribution in [3.8, 4) is 0 Å². The standard InChI is InChI=1S/C14H18O3/c1-8-10(16)4-5-13(3)6-7-14(9(2)15)12(17-14)11(8)13/h12H,4-7H2,1-3H3/t12-,13-,14-/m1/s1. The van der Waals surface area contributed by atoms with E-state index in [4.69, 9.17) is 4.74 Å². The molecule has 0 radical (unpaired) electrons. The van der Waals surface area contributed by atoms with E-state index in [0.29, 0.717) is 6.42 Å². The van der Waals surface area contributed by atoms with Gasteiger partial charge in [-0.05, 0) is 49.7 Å². The zero-order valence-electron chi connectivity index (χ0n) is 10.6. The van der Waals surface area contributed by atoms with Crippen molar-refractivity contribution in [1.29, 1.82) is 0 Å². The maximum atomic E-state index is 11.8. The smallest absolute Gasteiger partial charge is 0.164 e. The fourth-order valence-electron chi connectivity index (χ4n) is 3.65. The maximum absolute atomic E-state index is 11.8. The van der Waals surface area contributed by atoms with E-state index >= 15 is 0 Å². The molecule has 3 atom stereocenters. The minimum absolute atomic E-state index is 0.0815. The van der Waals surface area contributed by atoms with E-state index in [1.54, 1.807) is 6.92 Å². The lowest BCUT2D eigenvalue weighted by Crippen LogP contribution is -2.40. The Hall–Kier alpha value is -0.960. The van der Waals surface area contributed by atoms with Gasteiger partial charge in [0, 0.05) is 6.42 Å². The van der Waals surface area contributed by atoms with Crippen LogP contribution < -0.4 is 0 Å². The van der Waals surface area contributed by atoms with Crippen molar-refractivity contribution in [3.05, 3.63) is 11.1 Å². The number of Topliss-reactive ketones (excluding diaryl/α,β-unsaturated/α-hetero) is 2. The normalized spacial score (nSPS) is 44.2. The summed E-state index contributed by atoms with van der Waals surface area (Å²) in [6, 6.07) is 0. The summed E-state index contributed by atoms with van der Waals surface area (Å²) < 4.78 is 5.72. The number of hydrogen-bond acceptors (Lipinski definition) is 3. The molecule has 3 rings (SSSR count). The van der Waals surface area contributed by atoms with Crippen LogP contribution in [0.4, 0.5) is 0 Å². The highest BCUT2D eigenvalue weighted by Crippen LogP contribution is 2.61. The van der Waals surface area contributed by atoms with Crippen LogP contribution in [0, 0.1) is 5.41 Å². The second-order valence-corrected chi connectivity index (χ2v) is 5.97. The molecular formula is C14H18O3. The van der Waals surface area contributed by atoms with E-state index in [0.717, 1.165) is 30.4 Å². The van der Waals surface area contributed by atoms with Gasteiger partial charge in [-0.15, -0.1) is 0 Å². The second kappa shape index (κ2) is 3.08. The Morgan fingerprint density at radius 2 is 2.06 bits per heavy atom. The molecule has 3 nitrogen and oxygen atoms in total. The number of epoxide rings is 1. The largest absolute Gasteiger partial charge is 0.353 e. The van der Waals surface area contributed by atoms with Crippen LogP contribution in [0.2, 0.25) is 0 Å². The molecule has 17 heavy (non-hydrogen) atoms. The van der Waals surface area contributed by atoms with Gasteiger partial charge in [0.05, 0.1) is 0 Å². The number of rotatable bonds is 1. The van der Waals surface area contributed by atoms with Gasteiger partial charge >= 0.3 is 0 Å². The number of carbonyl (C=O) groups is 2. The predicted molar refractivity (Wildman–Crippen MR) is 62.6 cm³/mol. The molecule has 1 aliphatic heterocycles. The number of carbonyl (C=O) groups excluding carboxylic acids is 2. The van der Waals surface area contributed by atoms with Crippen molar-refractivity contribution in [2.45, 2.75) is 58.2 Å². The Kier molecular flexibility index (Phi) is 2.02. The van der Waals surface area contributed by atoms with Gasteiger partial charge in [0.25, 0.3) is 0 Å². The van der Waals surface area contributed by atoms with Crippen molar-refractivity contribution in [2.75, 3.05) is 0 Å². The van der Waals surface area contributed by atoms with Crippen LogP contribution in [-0.4, -0.2) is 23.3 Å². The molecule has 3 heteroatoms. The third kappa shape index (κ3) is 1.26. The Bertz CT molecular complexity index is 462. The van der Waals surface area contributed by atoms with Crippen LogP contribution in [0.1, 0.15) is 46.5 Å². The molecule has 2 aliphatic carbocycles. The third-order valence-corrected chi connectivity index (χ3v) is 4.98. The molecule has 0 spiro atoms. The minimum atomic E-state index is -0.576. The van der Waals surface area contributed by atoms with E-state index in [9.17, 15) is 9.59 Å². The first-order valence-electron chi connectivity index (χ1n) is 6.34. The highest BCUT2D eigenvalue weighted by molar-refractivity contribution is 5.98. The summed E-state index contributed by atoms with van der Waals surface area (Å²) in [5.41, 5.74) is 1.48. The summed E-state index contributed by atoms with van der Waals surface area (Å²) in [6.07, 6.45) is 3.22. The van der Waals surface area contributed by atoms with Crippen LogP contribution >= 0.6 is 0 Å². The van der Waals surface area contributed by atoms with Gasteiger partial charge in [-0.3, -0.25) is 9.59 Å². The number of ether oxygens (including phenoxy) is 1. The van der Waals surface area contributed by atoms with Crippen LogP contribution in [0.15, 0.2) is 11.1 Å². The van der Waals surface area contributed by atoms with E-state index in [1.165, 1.54) is 0 Å². The van der Waals surface area contributed by atoms with E-state index in [-0.39, 0.29) is 23.1 Å². The predicted octanol–water partition coefficient (Wildman–Crippen LogP) is 2.19. The van der Waals surface area contributed by atoms with E-state index in [1.807, 2.05) is 6.92 Å². The second-order valence-electron chi connectivity index (χ2n) is 5.97. The molecule has 92 valence electrons. The van der Waals surface area contributed by atoms with Crippen molar-refractivity contribution >= 4 is 11.6 Å². The first kappa shape index (κ1) is 11.1. The third-order valence-electron chi connectivity index (χ3n) is 4.98. The molecule has 1 saturated heterocycles. The topological polar surface area (TPSA) is 46.7 Å². The van der Waals surface area contributed by atoms with Gasteiger partial charge in [-0.25, -0.2) is 0 Å². The summed E-state index contributed by atoms with van der Waals surface area (Å²) >= 11 is 0. The average Bonchev–Trinajstić information content (AvgIpc) is 2.99.